The number of likely N-dealkylation sites (N-methyl/N-ethyl adjacent to an activating group) is 1. The van der Waals surface area contributed by atoms with Crippen LogP contribution < -0.4 is 0 Å². The molecule has 0 radical (unpaired) electrons. The number of nitrogens with zero attached hydrogens (tertiary/aromatic N) is 1. The lowest BCUT2D eigenvalue weighted by Gasteiger charge is -2.63. The van der Waals surface area contributed by atoms with Crippen LogP contribution in [0.5, 0.6) is 0 Å². The lowest BCUT2D eigenvalue weighted by molar-refractivity contribution is -0.152. The first-order chi connectivity index (χ1) is 14.3. The van der Waals surface area contributed by atoms with Crippen molar-refractivity contribution < 1.29 is 23.9 Å². The van der Waals surface area contributed by atoms with E-state index in [-0.39, 0.29) is 30.5 Å². The molecule has 7 heteroatoms. The quantitative estimate of drug-likeness (QED) is 0.517. The predicted molar refractivity (Wildman–Crippen MR) is 115 cm³/mol. The minimum atomic E-state index is -1.35. The number of aliphatic hydroxyl groups excluding tert-OH is 1. The van der Waals surface area contributed by atoms with E-state index in [1.807, 2.05) is 13.8 Å². The third kappa shape index (κ3) is 2.80. The summed E-state index contributed by atoms with van der Waals surface area (Å²) in [6.45, 7) is 5.71. The summed E-state index contributed by atoms with van der Waals surface area (Å²) in [5.41, 5.74) is -1.33. The summed E-state index contributed by atoms with van der Waals surface area (Å²) in [7, 11) is 3.11. The van der Waals surface area contributed by atoms with Crippen LogP contribution in [0.4, 0.5) is 4.39 Å². The van der Waals surface area contributed by atoms with Crippen LogP contribution in [0.1, 0.15) is 40.0 Å². The molecule has 0 unspecified atom stereocenters. The number of carbonyl (C=O) groups excluding carboxylic acids is 3. The van der Waals surface area contributed by atoms with Crippen molar-refractivity contribution in [3.8, 4) is 0 Å². The lowest BCUT2D eigenvalue weighted by Crippen LogP contribution is -2.67. The van der Waals surface area contributed by atoms with Gasteiger partial charge in [-0.2, -0.15) is 0 Å². The smallest absolute Gasteiger partial charge is 0.289 e. The van der Waals surface area contributed by atoms with Gasteiger partial charge in [-0.3, -0.25) is 14.4 Å². The van der Waals surface area contributed by atoms with E-state index in [1.54, 1.807) is 27.1 Å². The van der Waals surface area contributed by atoms with Gasteiger partial charge in [-0.15, -0.1) is 11.6 Å². The molecule has 0 saturated heterocycles. The van der Waals surface area contributed by atoms with E-state index >= 15 is 4.39 Å². The van der Waals surface area contributed by atoms with Gasteiger partial charge in [0.05, 0.1) is 11.0 Å². The summed E-state index contributed by atoms with van der Waals surface area (Å²) in [5.74, 6) is -2.40. The second-order valence-electron chi connectivity index (χ2n) is 10.7. The zero-order valence-electron chi connectivity index (χ0n) is 18.7. The van der Waals surface area contributed by atoms with Crippen LogP contribution in [-0.4, -0.2) is 58.7 Å². The summed E-state index contributed by atoms with van der Waals surface area (Å²) in [5, 5.41) is 11.5. The van der Waals surface area contributed by atoms with Gasteiger partial charge in [0, 0.05) is 25.4 Å². The Labute approximate surface area is 187 Å². The molecule has 0 bridgehead atoms. The average molecular weight is 452 g/mol. The number of fused-ring (bicyclic) bond motifs is 5. The molecule has 0 aliphatic heterocycles. The molecule has 0 aromatic carbocycles. The second-order valence-corrected chi connectivity index (χ2v) is 11.3. The van der Waals surface area contributed by atoms with Gasteiger partial charge in [0.15, 0.2) is 5.78 Å². The Morgan fingerprint density at radius 1 is 1.23 bits per heavy atom. The molecule has 3 saturated carbocycles. The highest BCUT2D eigenvalue weighted by molar-refractivity contribution is 6.37. The number of rotatable bonds is 2. The van der Waals surface area contributed by atoms with Crippen LogP contribution >= 0.6 is 11.6 Å². The average Bonchev–Trinajstić information content (AvgIpc) is 2.94. The highest BCUT2D eigenvalue weighted by Crippen LogP contribution is 2.70. The van der Waals surface area contributed by atoms with Gasteiger partial charge >= 0.3 is 0 Å². The van der Waals surface area contributed by atoms with Gasteiger partial charge in [0.1, 0.15) is 6.17 Å². The molecular formula is C24H31ClFNO4. The van der Waals surface area contributed by atoms with Crippen LogP contribution in [0, 0.1) is 34.5 Å². The summed E-state index contributed by atoms with van der Waals surface area (Å²) in [6, 6.07) is 0. The SMILES string of the molecule is C[C@@H]1C[C@H]2[C@@H]3C[C@H](F)C4=CC(=O)C=C[C@]4(C)[C@@]3(Cl)[C@@H](O)C[C@]2(C)[C@H]1C(=O)C(=O)N(C)C. The van der Waals surface area contributed by atoms with Gasteiger partial charge in [-0.05, 0) is 60.2 Å². The molecule has 4 aliphatic rings. The zero-order valence-corrected chi connectivity index (χ0v) is 19.4. The summed E-state index contributed by atoms with van der Waals surface area (Å²) in [4.78, 5) is 37.7. The maximum Gasteiger partial charge on any atom is 0.289 e. The maximum atomic E-state index is 15.5. The van der Waals surface area contributed by atoms with E-state index in [0.29, 0.717) is 12.0 Å². The summed E-state index contributed by atoms with van der Waals surface area (Å²) < 4.78 is 15.5. The van der Waals surface area contributed by atoms with E-state index in [0.717, 1.165) is 0 Å². The van der Waals surface area contributed by atoms with Crippen molar-refractivity contribution in [2.45, 2.75) is 57.2 Å². The normalized spacial score (nSPS) is 48.4. The van der Waals surface area contributed by atoms with Crippen molar-refractivity contribution in [3.05, 3.63) is 23.8 Å². The Bertz CT molecular complexity index is 915. The molecule has 0 spiro atoms. The molecule has 4 aliphatic carbocycles. The van der Waals surface area contributed by atoms with Crippen LogP contribution in [0.25, 0.3) is 0 Å². The van der Waals surface area contributed by atoms with E-state index < -0.39 is 51.5 Å². The third-order valence-corrected chi connectivity index (χ3v) is 9.79. The first-order valence-electron chi connectivity index (χ1n) is 11.0. The molecule has 1 N–H and O–H groups in total. The number of aliphatic hydroxyl groups is 1. The van der Waals surface area contributed by atoms with Crippen molar-refractivity contribution in [1.29, 1.82) is 0 Å². The number of halogens is 2. The number of allylic oxidation sites excluding steroid dienone is 4. The van der Waals surface area contributed by atoms with Gasteiger partial charge in [0.25, 0.3) is 5.91 Å². The first kappa shape index (κ1) is 22.7. The molecule has 4 rings (SSSR count). The third-order valence-electron chi connectivity index (χ3n) is 8.87. The number of hydrogen-bond acceptors (Lipinski definition) is 4. The second kappa shape index (κ2) is 6.98. The molecule has 31 heavy (non-hydrogen) atoms. The Kier molecular flexibility index (Phi) is 5.10. The van der Waals surface area contributed by atoms with E-state index in [4.69, 9.17) is 11.6 Å². The van der Waals surface area contributed by atoms with Crippen molar-refractivity contribution in [3.63, 3.8) is 0 Å². The molecule has 3 fully saturated rings. The number of hydrogen-bond donors (Lipinski definition) is 1. The molecule has 0 aromatic heterocycles. The Balaban J connectivity index is 1.80. The van der Waals surface area contributed by atoms with Crippen molar-refractivity contribution in [2.24, 2.45) is 34.5 Å². The van der Waals surface area contributed by atoms with Crippen molar-refractivity contribution in [1.82, 2.24) is 4.90 Å². The van der Waals surface area contributed by atoms with Crippen molar-refractivity contribution in [2.75, 3.05) is 14.1 Å². The zero-order chi connectivity index (χ0) is 23.1. The highest BCUT2D eigenvalue weighted by Gasteiger charge is 2.72. The molecule has 5 nitrogen and oxygen atoms in total. The Morgan fingerprint density at radius 2 is 1.87 bits per heavy atom. The fourth-order valence-electron chi connectivity index (χ4n) is 7.48. The van der Waals surface area contributed by atoms with Crippen LogP contribution in [-0.2, 0) is 14.4 Å². The van der Waals surface area contributed by atoms with E-state index in [9.17, 15) is 19.5 Å². The fraction of sp³-hybridized carbons (Fsp3) is 0.708. The van der Waals surface area contributed by atoms with Crippen LogP contribution in [0.3, 0.4) is 0 Å². The number of alkyl halides is 2. The van der Waals surface area contributed by atoms with Crippen LogP contribution in [0.2, 0.25) is 0 Å². The largest absolute Gasteiger partial charge is 0.391 e. The van der Waals surface area contributed by atoms with Crippen molar-refractivity contribution >= 4 is 29.1 Å². The monoisotopic (exact) mass is 451 g/mol. The maximum absolute atomic E-state index is 15.5. The number of ketones is 2. The number of Topliss-reactive ketones (excluding diaryl/α,β-unsaturated/α-hetero) is 1. The first-order valence-corrected chi connectivity index (χ1v) is 11.4. The topological polar surface area (TPSA) is 74.7 Å². The molecule has 170 valence electrons. The molecule has 0 heterocycles. The number of carbonyl (C=O) groups is 3. The Hall–Kier alpha value is -1.53. The van der Waals surface area contributed by atoms with Gasteiger partial charge in [0.2, 0.25) is 5.78 Å². The van der Waals surface area contributed by atoms with Gasteiger partial charge < -0.3 is 10.0 Å². The molecular weight excluding hydrogens is 421 g/mol. The molecule has 1 amide bonds. The summed E-state index contributed by atoms with van der Waals surface area (Å²) >= 11 is 7.29. The predicted octanol–water partition coefficient (Wildman–Crippen LogP) is 3.09. The van der Waals surface area contributed by atoms with E-state index in [2.05, 4.69) is 0 Å². The molecule has 0 aromatic rings. The van der Waals surface area contributed by atoms with Gasteiger partial charge in [-0.1, -0.05) is 26.8 Å². The Morgan fingerprint density at radius 3 is 2.48 bits per heavy atom. The minimum Gasteiger partial charge on any atom is -0.391 e. The van der Waals surface area contributed by atoms with E-state index in [1.165, 1.54) is 17.1 Å². The summed E-state index contributed by atoms with van der Waals surface area (Å²) in [6.07, 6.45) is 3.00. The van der Waals surface area contributed by atoms with Gasteiger partial charge in [-0.25, -0.2) is 4.39 Å². The molecule has 9 atom stereocenters. The number of amides is 1. The standard InChI is InChI=1S/C24H31ClFNO4/c1-12-8-14-15-10-17(26)16-9-13(28)6-7-23(16,3)24(15,25)18(29)11-22(14,2)19(12)20(30)21(31)27(4)5/h6-7,9,12,14-15,17-19,29H,8,10-11H2,1-5H3/t12-,14+,15+,17+,18+,19-,22+,23+,24+/m1/s1. The van der Waals surface area contributed by atoms with Crippen LogP contribution in [0.15, 0.2) is 23.8 Å². The highest BCUT2D eigenvalue weighted by atomic mass is 35.5. The fourth-order valence-corrected chi connectivity index (χ4v) is 7.97. The lowest BCUT2D eigenvalue weighted by atomic mass is 9.46. The minimum absolute atomic E-state index is 0.0797.